The van der Waals surface area contributed by atoms with Crippen LogP contribution in [-0.4, -0.2) is 63.0 Å². The fourth-order valence-electron chi connectivity index (χ4n) is 3.63. The van der Waals surface area contributed by atoms with E-state index in [0.29, 0.717) is 18.8 Å². The number of fused-ring (bicyclic) bond motifs is 1. The molecule has 3 rings (SSSR count). The summed E-state index contributed by atoms with van der Waals surface area (Å²) in [7, 11) is 1.61. The summed E-state index contributed by atoms with van der Waals surface area (Å²) in [5, 5.41) is 10.1. The third kappa shape index (κ3) is 5.76. The van der Waals surface area contributed by atoms with Crippen LogP contribution in [0.4, 0.5) is 0 Å². The van der Waals surface area contributed by atoms with Gasteiger partial charge in [0, 0.05) is 26.2 Å². The Bertz CT molecular complexity index is 1000. The van der Waals surface area contributed by atoms with Gasteiger partial charge in [-0.15, -0.1) is 0 Å². The van der Waals surface area contributed by atoms with Crippen molar-refractivity contribution < 1.29 is 14.4 Å². The highest BCUT2D eigenvalue weighted by atomic mass is 32.2. The first kappa shape index (κ1) is 24.8. The van der Waals surface area contributed by atoms with E-state index in [1.165, 1.54) is 15.6 Å². The molecular formula is C24H33N5O3S. The van der Waals surface area contributed by atoms with E-state index in [2.05, 4.69) is 22.7 Å². The molecule has 1 atom stereocenters. The summed E-state index contributed by atoms with van der Waals surface area (Å²) in [6.45, 7) is 6.97. The van der Waals surface area contributed by atoms with Crippen molar-refractivity contribution in [1.82, 2.24) is 25.3 Å². The van der Waals surface area contributed by atoms with Gasteiger partial charge in [-0.3, -0.25) is 19.1 Å². The molecule has 2 aromatic rings. The van der Waals surface area contributed by atoms with Gasteiger partial charge in [0.1, 0.15) is 11.2 Å². The lowest BCUT2D eigenvalue weighted by Crippen LogP contribution is -2.62. The minimum atomic E-state index is -1.12. The van der Waals surface area contributed by atoms with Gasteiger partial charge in [0.2, 0.25) is 5.91 Å². The molecule has 1 aromatic carbocycles. The van der Waals surface area contributed by atoms with E-state index in [-0.39, 0.29) is 30.0 Å². The van der Waals surface area contributed by atoms with Crippen LogP contribution >= 0.6 is 11.8 Å². The molecule has 1 aliphatic heterocycles. The Kier molecular flexibility index (Phi) is 8.18. The van der Waals surface area contributed by atoms with Crippen molar-refractivity contribution in [3.63, 3.8) is 0 Å². The Morgan fingerprint density at radius 1 is 1.18 bits per heavy atom. The minimum absolute atomic E-state index is 0.172. The largest absolute Gasteiger partial charge is 0.351 e. The van der Waals surface area contributed by atoms with Crippen molar-refractivity contribution >= 4 is 29.5 Å². The van der Waals surface area contributed by atoms with Crippen LogP contribution < -0.4 is 10.6 Å². The predicted octanol–water partition coefficient (Wildman–Crippen LogP) is 2.62. The molecule has 0 radical (unpaired) electrons. The lowest BCUT2D eigenvalue weighted by Gasteiger charge is -2.40. The van der Waals surface area contributed by atoms with E-state index in [9.17, 15) is 14.4 Å². The molecule has 8 nitrogen and oxygen atoms in total. The zero-order valence-electron chi connectivity index (χ0n) is 19.8. The lowest BCUT2D eigenvalue weighted by molar-refractivity contribution is -0.132. The summed E-state index contributed by atoms with van der Waals surface area (Å²) >= 11 is 1.87. The number of carbonyl (C=O) groups excluding carboxylic acids is 3. The van der Waals surface area contributed by atoms with Crippen molar-refractivity contribution in [3.05, 3.63) is 52.8 Å². The summed E-state index contributed by atoms with van der Waals surface area (Å²) in [4.78, 5) is 40.0. The number of benzene rings is 1. The number of hydrogen-bond acceptors (Lipinski definition) is 5. The van der Waals surface area contributed by atoms with Crippen LogP contribution in [0.15, 0.2) is 30.3 Å². The fourth-order valence-corrected chi connectivity index (χ4v) is 4.47. The van der Waals surface area contributed by atoms with Crippen LogP contribution in [0.25, 0.3) is 0 Å². The van der Waals surface area contributed by atoms with Gasteiger partial charge >= 0.3 is 0 Å². The number of rotatable bonds is 10. The Balaban J connectivity index is 1.64. The van der Waals surface area contributed by atoms with E-state index < -0.39 is 5.54 Å². The van der Waals surface area contributed by atoms with Crippen LogP contribution in [0.1, 0.15) is 58.8 Å². The molecule has 0 spiro atoms. The van der Waals surface area contributed by atoms with E-state index in [0.717, 1.165) is 35.5 Å². The molecule has 9 heteroatoms. The number of thioether (sulfide) groups is 1. The molecular weight excluding hydrogens is 438 g/mol. The van der Waals surface area contributed by atoms with Gasteiger partial charge < -0.3 is 15.5 Å². The number of hydrogen-bond donors (Lipinski definition) is 2. The second-order valence-corrected chi connectivity index (χ2v) is 9.83. The molecule has 0 saturated carbocycles. The maximum atomic E-state index is 13.1. The smallest absolute Gasteiger partial charge is 0.272 e. The maximum absolute atomic E-state index is 13.1. The summed E-state index contributed by atoms with van der Waals surface area (Å²) in [6.07, 6.45) is 2.02. The van der Waals surface area contributed by atoms with Gasteiger partial charge in [-0.25, -0.2) is 0 Å². The predicted molar refractivity (Wildman–Crippen MR) is 130 cm³/mol. The summed E-state index contributed by atoms with van der Waals surface area (Å²) in [6, 6.07) is 9.42. The molecule has 3 amide bonds. The topological polar surface area (TPSA) is 96.3 Å². The molecule has 0 bridgehead atoms. The van der Waals surface area contributed by atoms with E-state index in [4.69, 9.17) is 0 Å². The van der Waals surface area contributed by atoms with Gasteiger partial charge in [0.05, 0.1) is 6.54 Å². The van der Waals surface area contributed by atoms with E-state index >= 15 is 0 Å². The van der Waals surface area contributed by atoms with Gasteiger partial charge in [0.25, 0.3) is 11.8 Å². The maximum Gasteiger partial charge on any atom is 0.272 e. The lowest BCUT2D eigenvalue weighted by atomic mass is 9.95. The van der Waals surface area contributed by atoms with Gasteiger partial charge in [-0.2, -0.15) is 16.9 Å². The number of amides is 3. The second-order valence-electron chi connectivity index (χ2n) is 8.60. The first-order valence-electron chi connectivity index (χ1n) is 11.3. The zero-order chi connectivity index (χ0) is 24.0. The second kappa shape index (κ2) is 10.9. The molecule has 0 fully saturated rings. The minimum Gasteiger partial charge on any atom is -0.351 e. The third-order valence-electron chi connectivity index (χ3n) is 5.90. The number of likely N-dealkylation sites (N-methyl/N-ethyl adjacent to an activating group) is 1. The van der Waals surface area contributed by atoms with E-state index in [1.54, 1.807) is 14.0 Å². The van der Waals surface area contributed by atoms with Crippen molar-refractivity contribution in [2.75, 3.05) is 25.1 Å². The quantitative estimate of drug-likeness (QED) is 0.520. The summed E-state index contributed by atoms with van der Waals surface area (Å²) < 4.78 is 1.47. The van der Waals surface area contributed by atoms with Crippen molar-refractivity contribution in [2.45, 2.75) is 52.2 Å². The zero-order valence-corrected chi connectivity index (χ0v) is 20.6. The Hall–Kier alpha value is -2.81. The van der Waals surface area contributed by atoms with Crippen molar-refractivity contribution in [3.8, 4) is 0 Å². The van der Waals surface area contributed by atoms with Crippen LogP contribution in [0.5, 0.6) is 0 Å². The molecule has 0 aliphatic carbocycles. The SMILES string of the molecule is CCCSCCCNC(=O)c1cc2n(n1)C[C@@](C)(C(=O)NCc1ccc(C)cc1)N(C)C2=O. The molecule has 0 unspecified atom stereocenters. The standard InChI is InChI=1S/C24H33N5O3S/c1-5-12-33-13-6-11-25-21(30)19-14-20-22(31)28(4)24(3,16-29(20)27-19)23(32)26-15-18-9-7-17(2)8-10-18/h7-10,14H,5-6,11-13,15-16H2,1-4H3,(H,25,30)(H,26,32)/t24-/m0/s1. The van der Waals surface area contributed by atoms with Gasteiger partial charge in [0.15, 0.2) is 5.69 Å². The molecule has 1 aromatic heterocycles. The first-order valence-corrected chi connectivity index (χ1v) is 12.5. The molecule has 0 saturated heterocycles. The Morgan fingerprint density at radius 2 is 1.91 bits per heavy atom. The highest BCUT2D eigenvalue weighted by Gasteiger charge is 2.46. The first-order chi connectivity index (χ1) is 15.8. The Morgan fingerprint density at radius 3 is 2.61 bits per heavy atom. The summed E-state index contributed by atoms with van der Waals surface area (Å²) in [5.41, 5.74) is 1.51. The van der Waals surface area contributed by atoms with Crippen molar-refractivity contribution in [2.24, 2.45) is 0 Å². The molecule has 178 valence electrons. The van der Waals surface area contributed by atoms with Crippen LogP contribution in [0, 0.1) is 6.92 Å². The average molecular weight is 472 g/mol. The summed E-state index contributed by atoms with van der Waals surface area (Å²) in [5.74, 6) is 1.20. The monoisotopic (exact) mass is 471 g/mol. The van der Waals surface area contributed by atoms with Gasteiger partial charge in [-0.1, -0.05) is 36.8 Å². The Labute approximate surface area is 199 Å². The van der Waals surface area contributed by atoms with Crippen LogP contribution in [0.2, 0.25) is 0 Å². The molecule has 33 heavy (non-hydrogen) atoms. The third-order valence-corrected chi connectivity index (χ3v) is 7.17. The highest BCUT2D eigenvalue weighted by Crippen LogP contribution is 2.26. The normalized spacial score (nSPS) is 17.6. The number of aromatic nitrogens is 2. The number of nitrogens with zero attached hydrogens (tertiary/aromatic N) is 3. The number of nitrogens with one attached hydrogen (secondary N) is 2. The molecule has 2 heterocycles. The fraction of sp³-hybridized carbons (Fsp3) is 0.500. The average Bonchev–Trinajstić information content (AvgIpc) is 3.23. The van der Waals surface area contributed by atoms with E-state index in [1.807, 2.05) is 43.0 Å². The molecule has 1 aliphatic rings. The van der Waals surface area contributed by atoms with Crippen LogP contribution in [-0.2, 0) is 17.9 Å². The van der Waals surface area contributed by atoms with Gasteiger partial charge in [-0.05, 0) is 43.8 Å². The number of carbonyl (C=O) groups is 3. The number of aryl methyl sites for hydroxylation is 1. The molecule has 2 N–H and O–H groups in total. The van der Waals surface area contributed by atoms with Crippen LogP contribution in [0.3, 0.4) is 0 Å². The highest BCUT2D eigenvalue weighted by molar-refractivity contribution is 7.99. The van der Waals surface area contributed by atoms with Crippen molar-refractivity contribution in [1.29, 1.82) is 0 Å².